The molecule has 2 aliphatic rings. The fraction of sp³-hybridized carbons (Fsp3) is 0.900. The lowest BCUT2D eigenvalue weighted by molar-refractivity contribution is -0.134. The Morgan fingerprint density at radius 3 is 1.36 bits per heavy atom. The molecule has 0 aromatic heterocycles. The zero-order valence-corrected chi connectivity index (χ0v) is 17.3. The minimum absolute atomic E-state index is 0.288. The summed E-state index contributed by atoms with van der Waals surface area (Å²) in [5, 5.41) is 0. The van der Waals surface area contributed by atoms with Crippen LogP contribution in [0.25, 0.3) is 0 Å². The molecule has 0 unspecified atom stereocenters. The zero-order valence-electron chi connectivity index (χ0n) is 16.5. The number of hydrogen-bond donors (Lipinski definition) is 0. The van der Waals surface area contributed by atoms with Crippen LogP contribution >= 0.6 is 11.8 Å². The van der Waals surface area contributed by atoms with Crippen LogP contribution in [0.5, 0.6) is 0 Å². The van der Waals surface area contributed by atoms with Crippen molar-refractivity contribution in [2.24, 2.45) is 23.7 Å². The topological polar surface area (TPSA) is 40.6 Å². The van der Waals surface area contributed by atoms with Gasteiger partial charge in [-0.3, -0.25) is 9.59 Å². The molecule has 0 bridgehead atoms. The predicted octanol–water partition coefficient (Wildman–Crippen LogP) is 3.51. The Labute approximate surface area is 158 Å². The van der Waals surface area contributed by atoms with Gasteiger partial charge in [-0.2, -0.15) is 11.8 Å². The van der Waals surface area contributed by atoms with Crippen LogP contribution in [0, 0.1) is 23.7 Å². The third-order valence-electron chi connectivity index (χ3n) is 5.36. The molecular weight excluding hydrogens is 332 g/mol. The van der Waals surface area contributed by atoms with Crippen LogP contribution in [0.2, 0.25) is 0 Å². The highest BCUT2D eigenvalue weighted by Gasteiger charge is 2.26. The zero-order chi connectivity index (χ0) is 18.4. The first-order chi connectivity index (χ1) is 11.8. The Bertz CT molecular complexity index is 397. The van der Waals surface area contributed by atoms with Crippen molar-refractivity contribution in [2.75, 3.05) is 37.7 Å². The number of hydrogen-bond acceptors (Lipinski definition) is 3. The summed E-state index contributed by atoms with van der Waals surface area (Å²) in [5.74, 6) is 4.71. The molecule has 0 radical (unpaired) electrons. The SMILES string of the molecule is C[C@@H]1C[C@H](C)CN(C(=O)CCSCCC(=O)N2C[C@@H](C)C[C@H](C)C2)C1. The summed E-state index contributed by atoms with van der Waals surface area (Å²) in [5.41, 5.74) is 0. The first-order valence-corrected chi connectivity index (χ1v) is 11.1. The van der Waals surface area contributed by atoms with Crippen molar-refractivity contribution in [1.29, 1.82) is 0 Å². The van der Waals surface area contributed by atoms with Crippen LogP contribution in [-0.4, -0.2) is 59.3 Å². The fourth-order valence-electron chi connectivity index (χ4n) is 4.47. The number of amides is 2. The Morgan fingerprint density at radius 2 is 1.04 bits per heavy atom. The predicted molar refractivity (Wildman–Crippen MR) is 106 cm³/mol. The van der Waals surface area contributed by atoms with E-state index in [-0.39, 0.29) is 11.8 Å². The van der Waals surface area contributed by atoms with Crippen molar-refractivity contribution in [2.45, 2.75) is 53.4 Å². The van der Waals surface area contributed by atoms with Gasteiger partial charge < -0.3 is 9.80 Å². The van der Waals surface area contributed by atoms with E-state index in [4.69, 9.17) is 0 Å². The van der Waals surface area contributed by atoms with Crippen LogP contribution in [0.15, 0.2) is 0 Å². The molecule has 0 aliphatic carbocycles. The summed E-state index contributed by atoms with van der Waals surface area (Å²) in [6.07, 6.45) is 3.68. The second kappa shape index (κ2) is 9.84. The maximum atomic E-state index is 12.3. The largest absolute Gasteiger partial charge is 0.342 e. The highest BCUT2D eigenvalue weighted by atomic mass is 32.2. The summed E-state index contributed by atoms with van der Waals surface area (Å²) in [4.78, 5) is 28.8. The van der Waals surface area contributed by atoms with E-state index in [1.807, 2.05) is 9.80 Å². The average Bonchev–Trinajstić information content (AvgIpc) is 2.52. The Morgan fingerprint density at radius 1 is 0.720 bits per heavy atom. The molecule has 2 amide bonds. The molecule has 0 aromatic rings. The molecule has 0 N–H and O–H groups in total. The minimum atomic E-state index is 0.288. The summed E-state index contributed by atoms with van der Waals surface area (Å²) in [6, 6.07) is 0. The van der Waals surface area contributed by atoms with Crippen molar-refractivity contribution in [1.82, 2.24) is 9.80 Å². The Balaban J connectivity index is 1.59. The molecule has 2 rings (SSSR count). The van der Waals surface area contributed by atoms with Gasteiger partial charge >= 0.3 is 0 Å². The smallest absolute Gasteiger partial charge is 0.223 e. The molecule has 2 aliphatic heterocycles. The molecule has 25 heavy (non-hydrogen) atoms. The van der Waals surface area contributed by atoms with E-state index in [1.165, 1.54) is 12.8 Å². The Hall–Kier alpha value is -0.710. The number of carbonyl (C=O) groups excluding carboxylic acids is 2. The van der Waals surface area contributed by atoms with Gasteiger partial charge in [0.2, 0.25) is 11.8 Å². The average molecular weight is 369 g/mol. The van der Waals surface area contributed by atoms with Gasteiger partial charge in [0, 0.05) is 50.5 Å². The summed E-state index contributed by atoms with van der Waals surface area (Å²) in [7, 11) is 0. The number of carbonyl (C=O) groups is 2. The lowest BCUT2D eigenvalue weighted by atomic mass is 9.92. The molecule has 0 spiro atoms. The maximum absolute atomic E-state index is 12.3. The molecule has 4 nitrogen and oxygen atoms in total. The molecular formula is C20H36N2O2S. The molecule has 2 heterocycles. The van der Waals surface area contributed by atoms with E-state index in [9.17, 15) is 9.59 Å². The monoisotopic (exact) mass is 368 g/mol. The number of thioether (sulfide) groups is 1. The van der Waals surface area contributed by atoms with Gasteiger partial charge in [0.1, 0.15) is 0 Å². The minimum Gasteiger partial charge on any atom is -0.342 e. The Kier molecular flexibility index (Phi) is 8.11. The fourth-order valence-corrected chi connectivity index (χ4v) is 5.31. The van der Waals surface area contributed by atoms with Crippen molar-refractivity contribution >= 4 is 23.6 Å². The summed E-state index contributed by atoms with van der Waals surface area (Å²) < 4.78 is 0. The number of rotatable bonds is 6. The van der Waals surface area contributed by atoms with Gasteiger partial charge in [-0.1, -0.05) is 27.7 Å². The molecule has 4 atom stereocenters. The van der Waals surface area contributed by atoms with E-state index in [1.54, 1.807) is 11.8 Å². The number of piperidine rings is 2. The van der Waals surface area contributed by atoms with Crippen LogP contribution in [0.1, 0.15) is 53.4 Å². The number of nitrogens with zero attached hydrogens (tertiary/aromatic N) is 2. The molecule has 2 fully saturated rings. The molecule has 144 valence electrons. The summed E-state index contributed by atoms with van der Waals surface area (Å²) >= 11 is 1.75. The van der Waals surface area contributed by atoms with Crippen molar-refractivity contribution < 1.29 is 9.59 Å². The van der Waals surface area contributed by atoms with Gasteiger partial charge in [-0.05, 0) is 36.5 Å². The molecule has 5 heteroatoms. The lowest BCUT2D eigenvalue weighted by Crippen LogP contribution is -2.43. The van der Waals surface area contributed by atoms with E-state index in [2.05, 4.69) is 27.7 Å². The van der Waals surface area contributed by atoms with Gasteiger partial charge in [0.15, 0.2) is 0 Å². The third-order valence-corrected chi connectivity index (χ3v) is 6.35. The quantitative estimate of drug-likeness (QED) is 0.674. The van der Waals surface area contributed by atoms with Crippen LogP contribution in [0.3, 0.4) is 0 Å². The second-order valence-electron chi connectivity index (χ2n) is 8.60. The van der Waals surface area contributed by atoms with Crippen molar-refractivity contribution in [3.05, 3.63) is 0 Å². The first kappa shape index (κ1) is 20.6. The standard InChI is InChI=1S/C20H36N2O2S/c1-15-9-16(2)12-21(11-15)19(23)5-7-25-8-6-20(24)22-13-17(3)10-18(4)14-22/h15-18H,5-14H2,1-4H3/t15-,16-,17-,18+/m0/s1. The van der Waals surface area contributed by atoms with Crippen molar-refractivity contribution in [3.8, 4) is 0 Å². The second-order valence-corrected chi connectivity index (χ2v) is 9.83. The maximum Gasteiger partial charge on any atom is 0.223 e. The van der Waals surface area contributed by atoms with Gasteiger partial charge in [0.25, 0.3) is 0 Å². The summed E-state index contributed by atoms with van der Waals surface area (Å²) in [6.45, 7) is 12.6. The van der Waals surface area contributed by atoms with Crippen LogP contribution < -0.4 is 0 Å². The molecule has 2 saturated heterocycles. The van der Waals surface area contributed by atoms with Gasteiger partial charge in [-0.25, -0.2) is 0 Å². The highest BCUT2D eigenvalue weighted by Crippen LogP contribution is 2.23. The normalized spacial score (nSPS) is 30.4. The van der Waals surface area contributed by atoms with E-state index < -0.39 is 0 Å². The van der Waals surface area contributed by atoms with E-state index >= 15 is 0 Å². The van der Waals surface area contributed by atoms with E-state index in [0.717, 1.165) is 37.7 Å². The first-order valence-electron chi connectivity index (χ1n) is 9.98. The van der Waals surface area contributed by atoms with Crippen LogP contribution in [0.4, 0.5) is 0 Å². The third kappa shape index (κ3) is 6.84. The molecule has 0 saturated carbocycles. The van der Waals surface area contributed by atoms with Crippen molar-refractivity contribution in [3.63, 3.8) is 0 Å². The molecule has 0 aromatic carbocycles. The number of likely N-dealkylation sites (tertiary alicyclic amines) is 2. The van der Waals surface area contributed by atoms with E-state index in [0.29, 0.717) is 36.5 Å². The lowest BCUT2D eigenvalue weighted by Gasteiger charge is -2.35. The highest BCUT2D eigenvalue weighted by molar-refractivity contribution is 7.99. The van der Waals surface area contributed by atoms with Gasteiger partial charge in [0.05, 0.1) is 0 Å². The van der Waals surface area contributed by atoms with Gasteiger partial charge in [-0.15, -0.1) is 0 Å². The van der Waals surface area contributed by atoms with Crippen LogP contribution in [-0.2, 0) is 9.59 Å².